The van der Waals surface area contributed by atoms with Gasteiger partial charge in [0.2, 0.25) is 0 Å². The Morgan fingerprint density at radius 3 is 2.47 bits per heavy atom. The first kappa shape index (κ1) is 13.6. The fourth-order valence-electron chi connectivity index (χ4n) is 1.18. The van der Waals surface area contributed by atoms with E-state index in [1.165, 1.54) is 17.8 Å². The number of anilines is 2. The molecule has 1 heterocycles. The largest absolute Gasteiger partial charge is 0.465 e. The van der Waals surface area contributed by atoms with Crippen LogP contribution in [0, 0.1) is 0 Å². The van der Waals surface area contributed by atoms with Gasteiger partial charge in [-0.15, -0.1) is 0 Å². The average Bonchev–Trinajstić information content (AvgIpc) is 2.24. The predicted octanol–water partition coefficient (Wildman–Crippen LogP) is 1.07. The Labute approximate surface area is 104 Å². The molecule has 0 spiro atoms. The molecule has 0 unspecified atom stereocenters. The highest BCUT2D eigenvalue weighted by atomic mass is 32.2. The number of carbonyl (C=O) groups is 1. The minimum absolute atomic E-state index is 0.274. The Morgan fingerprint density at radius 1 is 1.41 bits per heavy atom. The smallest absolute Gasteiger partial charge is 0.319 e. The maximum atomic E-state index is 11.6. The second-order valence-electron chi connectivity index (χ2n) is 3.27. The fourth-order valence-corrected chi connectivity index (χ4v) is 2.08. The lowest BCUT2D eigenvalue weighted by Gasteiger charge is -2.12. The Kier molecular flexibility index (Phi) is 5.02. The third-order valence-corrected chi connectivity index (χ3v) is 3.12. The lowest BCUT2D eigenvalue weighted by atomic mass is 10.3. The molecule has 0 fully saturated rings. The van der Waals surface area contributed by atoms with Crippen LogP contribution < -0.4 is 11.5 Å². The lowest BCUT2D eigenvalue weighted by molar-refractivity contribution is -0.142. The highest BCUT2D eigenvalue weighted by Gasteiger charge is 2.20. The van der Waals surface area contributed by atoms with Gasteiger partial charge in [0.25, 0.3) is 0 Å². The number of nitrogen functional groups attached to an aromatic ring is 2. The maximum Gasteiger partial charge on any atom is 0.319 e. The third kappa shape index (κ3) is 4.10. The maximum absolute atomic E-state index is 11.6. The van der Waals surface area contributed by atoms with Gasteiger partial charge < -0.3 is 16.2 Å². The summed E-state index contributed by atoms with van der Waals surface area (Å²) in [5.41, 5.74) is 11.1. The van der Waals surface area contributed by atoms with Crippen molar-refractivity contribution in [3.63, 3.8) is 0 Å². The van der Waals surface area contributed by atoms with Crippen LogP contribution in [0.5, 0.6) is 0 Å². The predicted molar refractivity (Wildman–Crippen MR) is 67.4 cm³/mol. The molecule has 1 aromatic rings. The summed E-state index contributed by atoms with van der Waals surface area (Å²) in [7, 11) is 0. The number of hydrogen-bond donors (Lipinski definition) is 2. The molecule has 6 nitrogen and oxygen atoms in total. The van der Waals surface area contributed by atoms with Gasteiger partial charge in [-0.25, -0.2) is 9.97 Å². The average molecular weight is 256 g/mol. The van der Waals surface area contributed by atoms with E-state index < -0.39 is 0 Å². The lowest BCUT2D eigenvalue weighted by Crippen LogP contribution is -2.20. The SMILES string of the molecule is CCOC(=O)[C@@H](CC)Sc1nc(N)cc(N)n1. The summed E-state index contributed by atoms with van der Waals surface area (Å²) in [4.78, 5) is 19.6. The molecule has 0 aliphatic rings. The first-order chi connectivity index (χ1) is 8.06. The van der Waals surface area contributed by atoms with Crippen molar-refractivity contribution in [2.45, 2.75) is 30.7 Å². The summed E-state index contributed by atoms with van der Waals surface area (Å²) >= 11 is 1.21. The highest BCUT2D eigenvalue weighted by molar-refractivity contribution is 8.00. The van der Waals surface area contributed by atoms with E-state index in [9.17, 15) is 4.79 Å². The van der Waals surface area contributed by atoms with Crippen molar-refractivity contribution in [3.8, 4) is 0 Å². The summed E-state index contributed by atoms with van der Waals surface area (Å²) in [6.07, 6.45) is 0.627. The van der Waals surface area contributed by atoms with Crippen LogP contribution in [-0.2, 0) is 9.53 Å². The molecule has 0 amide bonds. The van der Waals surface area contributed by atoms with Gasteiger partial charge in [-0.3, -0.25) is 4.79 Å². The molecule has 4 N–H and O–H groups in total. The van der Waals surface area contributed by atoms with E-state index in [1.807, 2.05) is 6.92 Å². The highest BCUT2D eigenvalue weighted by Crippen LogP contribution is 2.24. The number of hydrogen-bond acceptors (Lipinski definition) is 7. The number of nitrogens with two attached hydrogens (primary N) is 2. The second kappa shape index (κ2) is 6.29. The monoisotopic (exact) mass is 256 g/mol. The van der Waals surface area contributed by atoms with Gasteiger partial charge in [0.1, 0.15) is 16.9 Å². The number of rotatable bonds is 5. The van der Waals surface area contributed by atoms with Crippen LogP contribution in [0.3, 0.4) is 0 Å². The Morgan fingerprint density at radius 2 is 2.00 bits per heavy atom. The molecule has 1 atom stereocenters. The number of thioether (sulfide) groups is 1. The fraction of sp³-hybridized carbons (Fsp3) is 0.500. The zero-order valence-corrected chi connectivity index (χ0v) is 10.7. The molecule has 0 aromatic carbocycles. The first-order valence-electron chi connectivity index (χ1n) is 5.30. The molecule has 0 bridgehead atoms. The summed E-state index contributed by atoms with van der Waals surface area (Å²) in [6.45, 7) is 4.02. The van der Waals surface area contributed by atoms with Crippen LogP contribution in [0.15, 0.2) is 11.2 Å². The molecule has 17 heavy (non-hydrogen) atoms. The van der Waals surface area contributed by atoms with Crippen molar-refractivity contribution in [1.29, 1.82) is 0 Å². The molecular weight excluding hydrogens is 240 g/mol. The number of aromatic nitrogens is 2. The van der Waals surface area contributed by atoms with Crippen LogP contribution in [0.25, 0.3) is 0 Å². The summed E-state index contributed by atoms with van der Waals surface area (Å²) in [5.74, 6) is 0.307. The van der Waals surface area contributed by atoms with Gasteiger partial charge in [0, 0.05) is 6.07 Å². The van der Waals surface area contributed by atoms with Crippen molar-refractivity contribution in [2.24, 2.45) is 0 Å². The summed E-state index contributed by atoms with van der Waals surface area (Å²) in [6, 6.07) is 1.47. The number of ether oxygens (including phenoxy) is 1. The number of carbonyl (C=O) groups excluding carboxylic acids is 1. The third-order valence-electron chi connectivity index (χ3n) is 1.91. The zero-order valence-electron chi connectivity index (χ0n) is 9.84. The molecule has 0 aliphatic heterocycles. The standard InChI is InChI=1S/C10H16N4O2S/c1-3-6(9(15)16-4-2)17-10-13-7(11)5-8(12)14-10/h5-6H,3-4H2,1-2H3,(H4,11,12,13,14)/t6-/m1/s1. The molecule has 1 rings (SSSR count). The molecule has 0 saturated carbocycles. The minimum atomic E-state index is -0.337. The topological polar surface area (TPSA) is 104 Å². The van der Waals surface area contributed by atoms with Crippen LogP contribution in [0.1, 0.15) is 20.3 Å². The van der Waals surface area contributed by atoms with Gasteiger partial charge in [-0.2, -0.15) is 0 Å². The number of nitrogens with zero attached hydrogens (tertiary/aromatic N) is 2. The van der Waals surface area contributed by atoms with Gasteiger partial charge in [0.05, 0.1) is 6.61 Å². The van der Waals surface area contributed by atoms with Crippen LogP contribution >= 0.6 is 11.8 Å². The molecule has 0 radical (unpaired) electrons. The van der Waals surface area contributed by atoms with E-state index in [-0.39, 0.29) is 11.2 Å². The normalized spacial score (nSPS) is 12.1. The van der Waals surface area contributed by atoms with Crippen LogP contribution in [0.2, 0.25) is 0 Å². The first-order valence-corrected chi connectivity index (χ1v) is 6.18. The van der Waals surface area contributed by atoms with Gasteiger partial charge in [-0.1, -0.05) is 18.7 Å². The van der Waals surface area contributed by atoms with Crippen molar-refractivity contribution in [3.05, 3.63) is 6.07 Å². The Hall–Kier alpha value is -1.50. The Bertz CT molecular complexity index is 380. The Balaban J connectivity index is 2.76. The van der Waals surface area contributed by atoms with Crippen molar-refractivity contribution < 1.29 is 9.53 Å². The minimum Gasteiger partial charge on any atom is -0.465 e. The van der Waals surface area contributed by atoms with Crippen molar-refractivity contribution in [1.82, 2.24) is 9.97 Å². The van der Waals surface area contributed by atoms with Crippen molar-refractivity contribution >= 4 is 29.4 Å². The quantitative estimate of drug-likeness (QED) is 0.461. The molecule has 7 heteroatoms. The second-order valence-corrected chi connectivity index (χ2v) is 4.44. The number of esters is 1. The van der Waals surface area contributed by atoms with E-state index in [2.05, 4.69) is 9.97 Å². The van der Waals surface area contributed by atoms with Crippen LogP contribution in [-0.4, -0.2) is 27.8 Å². The van der Waals surface area contributed by atoms with Gasteiger partial charge in [0.15, 0.2) is 5.16 Å². The summed E-state index contributed by atoms with van der Waals surface area (Å²) in [5, 5.41) is 0.0542. The van der Waals surface area contributed by atoms with E-state index in [4.69, 9.17) is 16.2 Å². The molecule has 1 aromatic heterocycles. The van der Waals surface area contributed by atoms with Gasteiger partial charge in [-0.05, 0) is 13.3 Å². The molecule has 0 aliphatic carbocycles. The zero-order chi connectivity index (χ0) is 12.8. The summed E-state index contributed by atoms with van der Waals surface area (Å²) < 4.78 is 4.95. The van der Waals surface area contributed by atoms with E-state index in [0.717, 1.165) is 0 Å². The van der Waals surface area contributed by atoms with E-state index in [1.54, 1.807) is 6.92 Å². The van der Waals surface area contributed by atoms with Crippen molar-refractivity contribution in [2.75, 3.05) is 18.1 Å². The molecule has 94 valence electrons. The molecular formula is C10H16N4O2S. The van der Waals surface area contributed by atoms with E-state index >= 15 is 0 Å². The van der Waals surface area contributed by atoms with Crippen LogP contribution in [0.4, 0.5) is 11.6 Å². The van der Waals surface area contributed by atoms with E-state index in [0.29, 0.717) is 29.8 Å². The molecule has 0 saturated heterocycles. The van der Waals surface area contributed by atoms with Gasteiger partial charge >= 0.3 is 5.97 Å².